The van der Waals surface area contributed by atoms with Crippen LogP contribution in [-0.4, -0.2) is 31.2 Å². The summed E-state index contributed by atoms with van der Waals surface area (Å²) in [5, 5.41) is 0. The van der Waals surface area contributed by atoms with Crippen molar-refractivity contribution in [2.24, 2.45) is 0 Å². The molecule has 3 heteroatoms. The number of esters is 1. The number of hydrogen-bond acceptors (Lipinski definition) is 3. The van der Waals surface area contributed by atoms with Crippen LogP contribution in [0.1, 0.15) is 80.5 Å². The van der Waals surface area contributed by atoms with Crippen molar-refractivity contribution in [2.45, 2.75) is 58.3 Å². The Morgan fingerprint density at radius 3 is 1.61 bits per heavy atom. The fourth-order valence-corrected chi connectivity index (χ4v) is 4.76. The van der Waals surface area contributed by atoms with Crippen molar-refractivity contribution in [3.8, 4) is 0 Å². The molecule has 0 saturated carbocycles. The first-order valence-electron chi connectivity index (χ1n) is 16.0. The minimum atomic E-state index is -0.201. The van der Waals surface area contributed by atoms with Gasteiger partial charge in [-0.1, -0.05) is 147 Å². The van der Waals surface area contributed by atoms with Gasteiger partial charge in [0.2, 0.25) is 0 Å². The molecule has 0 radical (unpaired) electrons. The normalized spacial score (nSPS) is 13.3. The number of hydrogen-bond donors (Lipinski definition) is 0. The lowest BCUT2D eigenvalue weighted by molar-refractivity contribution is -0.146. The average molecular weight is 588 g/mol. The molecule has 3 rings (SSSR count). The molecule has 2 aromatic rings. The van der Waals surface area contributed by atoms with Crippen LogP contribution in [0.25, 0.3) is 17.7 Å². The van der Waals surface area contributed by atoms with Crippen LogP contribution in [0, 0.1) is 0 Å². The Hall–Kier alpha value is -4.21. The molecule has 0 fully saturated rings. The van der Waals surface area contributed by atoms with Gasteiger partial charge in [0.15, 0.2) is 0 Å². The first-order valence-corrected chi connectivity index (χ1v) is 16.0. The lowest BCUT2D eigenvalue weighted by Gasteiger charge is -2.16. The van der Waals surface area contributed by atoms with E-state index < -0.39 is 0 Å². The fraction of sp³-hybridized carbons (Fsp3) is 0.293. The van der Waals surface area contributed by atoms with Crippen molar-refractivity contribution in [1.29, 1.82) is 0 Å². The predicted octanol–water partition coefficient (Wildman–Crippen LogP) is 10.5. The Morgan fingerprint density at radius 1 is 0.659 bits per heavy atom. The lowest BCUT2D eigenvalue weighted by Crippen LogP contribution is -2.24. The number of benzene rings is 2. The van der Waals surface area contributed by atoms with E-state index in [9.17, 15) is 4.79 Å². The van der Waals surface area contributed by atoms with Crippen molar-refractivity contribution in [3.05, 3.63) is 150 Å². The Labute approximate surface area is 266 Å². The highest BCUT2D eigenvalue weighted by Crippen LogP contribution is 2.33. The van der Waals surface area contributed by atoms with E-state index in [4.69, 9.17) is 4.74 Å². The van der Waals surface area contributed by atoms with Gasteiger partial charge in [0.05, 0.1) is 6.42 Å². The van der Waals surface area contributed by atoms with E-state index in [2.05, 4.69) is 134 Å². The zero-order valence-electron chi connectivity index (χ0n) is 26.6. The predicted molar refractivity (Wildman–Crippen MR) is 190 cm³/mol. The van der Waals surface area contributed by atoms with Crippen LogP contribution >= 0.6 is 0 Å². The van der Waals surface area contributed by atoms with Crippen LogP contribution < -0.4 is 0 Å². The number of carbonyl (C=O) groups is 1. The van der Waals surface area contributed by atoms with Crippen LogP contribution in [-0.2, 0) is 9.53 Å². The minimum Gasteiger partial charge on any atom is -0.449 e. The Bertz CT molecular complexity index is 1330. The number of carbonyl (C=O) groups excluding carboxylic acids is 1. The molecule has 0 aromatic heterocycles. The Kier molecular flexibility index (Phi) is 16.7. The third-order valence-corrected chi connectivity index (χ3v) is 7.13. The average Bonchev–Trinajstić information content (AvgIpc) is 3.20. The molecule has 2 aromatic carbocycles. The maximum absolute atomic E-state index is 12.2. The van der Waals surface area contributed by atoms with Crippen molar-refractivity contribution in [2.75, 3.05) is 20.3 Å². The van der Waals surface area contributed by atoms with Gasteiger partial charge in [-0.2, -0.15) is 0 Å². The molecular weight excluding hydrogens is 538 g/mol. The zero-order valence-corrected chi connectivity index (χ0v) is 26.6. The standard InChI is InChI=1S/C41H49NO2/c1-3-4-5-6-7-8-9-10-11-12-13-14-15-16-17-18-19-20-31-41(43)44-35-42(2)34-25-30-40-38-28-23-21-26-36(38)32-33-37-27-22-24-29-39(37)40/h4-5,7-8,10-11,13-14,16-17,19-24,26-30,32-33H,3,6,9,12,15,18,25,31,34-35H2,1-2H3. The van der Waals surface area contributed by atoms with Crippen LogP contribution in [0.2, 0.25) is 0 Å². The molecule has 0 N–H and O–H groups in total. The third kappa shape index (κ3) is 13.4. The third-order valence-electron chi connectivity index (χ3n) is 7.13. The second-order valence-corrected chi connectivity index (χ2v) is 10.8. The van der Waals surface area contributed by atoms with Crippen LogP contribution in [0.15, 0.2) is 128 Å². The second-order valence-electron chi connectivity index (χ2n) is 10.8. The zero-order chi connectivity index (χ0) is 31.1. The summed E-state index contributed by atoms with van der Waals surface area (Å²) in [6.07, 6.45) is 39.5. The summed E-state index contributed by atoms with van der Waals surface area (Å²) >= 11 is 0. The van der Waals surface area contributed by atoms with E-state index in [1.54, 1.807) is 0 Å². The number of allylic oxidation sites excluding steroid dienone is 11. The molecule has 0 spiro atoms. The second kappa shape index (κ2) is 21.5. The van der Waals surface area contributed by atoms with Gasteiger partial charge >= 0.3 is 5.97 Å². The molecule has 230 valence electrons. The SMILES string of the molecule is CCC=CCC=CCC=CCC=CCC=CCC=CCC(=O)OCN(C)CCC=C1c2ccccc2C=Cc2ccccc21. The highest BCUT2D eigenvalue weighted by atomic mass is 16.5. The van der Waals surface area contributed by atoms with Gasteiger partial charge in [-0.15, -0.1) is 0 Å². The van der Waals surface area contributed by atoms with Crippen LogP contribution in [0.4, 0.5) is 0 Å². The molecule has 0 heterocycles. The molecule has 1 aliphatic rings. The van der Waals surface area contributed by atoms with Gasteiger partial charge in [-0.05, 0) is 79.8 Å². The summed E-state index contributed by atoms with van der Waals surface area (Å²) in [5.41, 5.74) is 6.21. The number of rotatable bonds is 18. The summed E-state index contributed by atoms with van der Waals surface area (Å²) in [7, 11) is 1.99. The molecule has 0 unspecified atom stereocenters. The van der Waals surface area contributed by atoms with Crippen molar-refractivity contribution in [1.82, 2.24) is 4.90 Å². The van der Waals surface area contributed by atoms with E-state index in [1.807, 2.05) is 24.1 Å². The molecule has 1 aliphatic carbocycles. The molecule has 0 saturated heterocycles. The molecule has 0 aliphatic heterocycles. The van der Waals surface area contributed by atoms with Crippen molar-refractivity contribution < 1.29 is 9.53 Å². The Morgan fingerprint density at radius 2 is 1.11 bits per heavy atom. The first-order chi connectivity index (χ1) is 21.7. The number of nitrogens with zero attached hydrogens (tertiary/aromatic N) is 1. The quantitative estimate of drug-likeness (QED) is 0.0842. The van der Waals surface area contributed by atoms with Crippen LogP contribution in [0.3, 0.4) is 0 Å². The van der Waals surface area contributed by atoms with Crippen LogP contribution in [0.5, 0.6) is 0 Å². The molecule has 0 bridgehead atoms. The van der Waals surface area contributed by atoms with Gasteiger partial charge in [-0.3, -0.25) is 9.69 Å². The summed E-state index contributed by atoms with van der Waals surface area (Å²) in [6.45, 7) is 3.25. The summed E-state index contributed by atoms with van der Waals surface area (Å²) in [6, 6.07) is 17.1. The lowest BCUT2D eigenvalue weighted by atomic mass is 9.93. The molecular formula is C41H49NO2. The summed E-state index contributed by atoms with van der Waals surface area (Å²) in [5.74, 6) is -0.201. The van der Waals surface area contributed by atoms with Gasteiger partial charge < -0.3 is 4.74 Å². The van der Waals surface area contributed by atoms with Gasteiger partial charge in [0.1, 0.15) is 6.73 Å². The molecule has 0 amide bonds. The van der Waals surface area contributed by atoms with Gasteiger partial charge in [-0.25, -0.2) is 0 Å². The fourth-order valence-electron chi connectivity index (χ4n) is 4.76. The first kappa shape index (κ1) is 34.3. The molecule has 44 heavy (non-hydrogen) atoms. The van der Waals surface area contributed by atoms with E-state index in [1.165, 1.54) is 27.8 Å². The number of fused-ring (bicyclic) bond motifs is 2. The summed E-state index contributed by atoms with van der Waals surface area (Å²) in [4.78, 5) is 14.2. The Balaban J connectivity index is 1.27. The van der Waals surface area contributed by atoms with Gasteiger partial charge in [0.25, 0.3) is 0 Å². The topological polar surface area (TPSA) is 29.5 Å². The maximum Gasteiger partial charge on any atom is 0.310 e. The highest BCUT2D eigenvalue weighted by molar-refractivity contribution is 5.93. The van der Waals surface area contributed by atoms with E-state index in [-0.39, 0.29) is 5.97 Å². The minimum absolute atomic E-state index is 0.201. The van der Waals surface area contributed by atoms with Gasteiger partial charge in [0, 0.05) is 6.54 Å². The summed E-state index contributed by atoms with van der Waals surface area (Å²) < 4.78 is 5.48. The smallest absolute Gasteiger partial charge is 0.310 e. The molecule has 3 nitrogen and oxygen atoms in total. The van der Waals surface area contributed by atoms with E-state index in [0.717, 1.165) is 51.5 Å². The molecule has 0 atom stereocenters. The van der Waals surface area contributed by atoms with E-state index >= 15 is 0 Å². The van der Waals surface area contributed by atoms with E-state index in [0.29, 0.717) is 13.2 Å². The monoisotopic (exact) mass is 587 g/mol. The van der Waals surface area contributed by atoms with Crippen molar-refractivity contribution in [3.63, 3.8) is 0 Å². The maximum atomic E-state index is 12.2. The highest BCUT2D eigenvalue weighted by Gasteiger charge is 2.14. The number of ether oxygens (including phenoxy) is 1. The largest absolute Gasteiger partial charge is 0.449 e. The van der Waals surface area contributed by atoms with Crippen molar-refractivity contribution >= 4 is 23.7 Å².